The average molecular weight is 416 g/mol. The lowest BCUT2D eigenvalue weighted by molar-refractivity contribution is -0.0937. The van der Waals surface area contributed by atoms with E-state index in [1.165, 1.54) is 6.20 Å². The molecule has 1 aliphatic rings. The van der Waals surface area contributed by atoms with Crippen molar-refractivity contribution in [2.45, 2.75) is 65.4 Å². The minimum atomic E-state index is -1.26. The summed E-state index contributed by atoms with van der Waals surface area (Å²) in [6.07, 6.45) is 2.14. The number of rotatable bonds is 5. The van der Waals surface area contributed by atoms with E-state index >= 15 is 0 Å². The van der Waals surface area contributed by atoms with Crippen LogP contribution in [0.1, 0.15) is 62.5 Å². The number of carbonyl (C=O) groups is 2. The summed E-state index contributed by atoms with van der Waals surface area (Å²) in [4.78, 5) is 36.2. The third kappa shape index (κ3) is 4.48. The molecular weight excluding hydrogens is 388 g/mol. The number of hydrogen-bond acceptors (Lipinski definition) is 5. The smallest absolute Gasteiger partial charge is 0.407 e. The summed E-state index contributed by atoms with van der Waals surface area (Å²) in [6, 6.07) is 3.72. The first-order valence-corrected chi connectivity index (χ1v) is 9.95. The Morgan fingerprint density at radius 3 is 2.63 bits per heavy atom. The largest absolute Gasteiger partial charge is 0.477 e. The summed E-state index contributed by atoms with van der Waals surface area (Å²) < 4.78 is 12.8. The first kappa shape index (κ1) is 21.8. The predicted molar refractivity (Wildman–Crippen MR) is 112 cm³/mol. The van der Waals surface area contributed by atoms with Crippen molar-refractivity contribution in [2.24, 2.45) is 0 Å². The number of nitrogens with zero attached hydrogens (tertiary/aromatic N) is 1. The van der Waals surface area contributed by atoms with E-state index < -0.39 is 28.8 Å². The van der Waals surface area contributed by atoms with Crippen LogP contribution in [0.3, 0.4) is 0 Å². The number of benzene rings is 1. The van der Waals surface area contributed by atoms with Crippen LogP contribution in [0.5, 0.6) is 0 Å². The number of carbonyl (C=O) groups excluding carboxylic acids is 1. The van der Waals surface area contributed by atoms with E-state index in [1.807, 2.05) is 19.9 Å². The Morgan fingerprint density at radius 1 is 1.30 bits per heavy atom. The third-order valence-corrected chi connectivity index (χ3v) is 4.94. The van der Waals surface area contributed by atoms with Crippen molar-refractivity contribution >= 4 is 23.0 Å². The number of nitrogens with one attached hydrogen (secondary N) is 1. The fourth-order valence-electron chi connectivity index (χ4n) is 3.57. The number of amides is 1. The molecule has 1 aliphatic heterocycles. The lowest BCUT2D eigenvalue weighted by Crippen LogP contribution is -2.36. The number of aryl methyl sites for hydroxylation is 1. The number of aromatic nitrogens is 1. The Kier molecular flexibility index (Phi) is 5.64. The average Bonchev–Trinajstić information content (AvgIpc) is 2.61. The van der Waals surface area contributed by atoms with Crippen molar-refractivity contribution < 1.29 is 24.2 Å². The van der Waals surface area contributed by atoms with Gasteiger partial charge in [-0.3, -0.25) is 4.79 Å². The molecule has 0 saturated carbocycles. The van der Waals surface area contributed by atoms with Gasteiger partial charge in [-0.15, -0.1) is 0 Å². The van der Waals surface area contributed by atoms with Crippen LogP contribution in [0.25, 0.3) is 10.9 Å². The summed E-state index contributed by atoms with van der Waals surface area (Å²) >= 11 is 0. The fraction of sp³-hybridized carbons (Fsp3) is 0.500. The minimum Gasteiger partial charge on any atom is -0.477 e. The number of alkyl carbamates (subject to hydrolysis) is 1. The second kappa shape index (κ2) is 7.75. The lowest BCUT2D eigenvalue weighted by Gasteiger charge is -2.35. The van der Waals surface area contributed by atoms with E-state index in [0.717, 1.165) is 11.1 Å². The zero-order chi connectivity index (χ0) is 22.3. The molecule has 2 N–H and O–H groups in total. The molecular formula is C22H28N2O6. The minimum absolute atomic E-state index is 0.282. The maximum atomic E-state index is 12.8. The van der Waals surface area contributed by atoms with Crippen LogP contribution in [0.4, 0.5) is 4.79 Å². The zero-order valence-electron chi connectivity index (χ0n) is 18.0. The van der Waals surface area contributed by atoms with Gasteiger partial charge in [0.05, 0.1) is 12.1 Å². The Labute approximate surface area is 174 Å². The van der Waals surface area contributed by atoms with Gasteiger partial charge in [0.15, 0.2) is 0 Å². The zero-order valence-corrected chi connectivity index (χ0v) is 18.0. The Bertz CT molecular complexity index is 1060. The molecule has 30 heavy (non-hydrogen) atoms. The van der Waals surface area contributed by atoms with Gasteiger partial charge >= 0.3 is 12.1 Å². The second-order valence-electron chi connectivity index (χ2n) is 8.97. The highest BCUT2D eigenvalue weighted by atomic mass is 16.6. The van der Waals surface area contributed by atoms with E-state index in [0.29, 0.717) is 36.9 Å². The number of aromatic carboxylic acids is 1. The first-order chi connectivity index (χ1) is 13.9. The summed E-state index contributed by atoms with van der Waals surface area (Å²) in [5, 5.41) is 12.6. The number of pyridine rings is 1. The van der Waals surface area contributed by atoms with E-state index in [9.17, 15) is 19.5 Å². The summed E-state index contributed by atoms with van der Waals surface area (Å²) in [7, 11) is 0. The van der Waals surface area contributed by atoms with Crippen LogP contribution in [0, 0.1) is 0 Å². The van der Waals surface area contributed by atoms with Crippen LogP contribution in [0.2, 0.25) is 0 Å². The van der Waals surface area contributed by atoms with Crippen molar-refractivity contribution in [2.75, 3.05) is 6.54 Å². The van der Waals surface area contributed by atoms with Crippen LogP contribution < -0.4 is 10.7 Å². The third-order valence-electron chi connectivity index (χ3n) is 4.94. The molecule has 0 fully saturated rings. The van der Waals surface area contributed by atoms with Gasteiger partial charge in [-0.05, 0) is 59.1 Å². The maximum absolute atomic E-state index is 12.8. The molecule has 0 bridgehead atoms. The normalized spacial score (nSPS) is 15.1. The van der Waals surface area contributed by atoms with Crippen molar-refractivity contribution in [1.29, 1.82) is 0 Å². The van der Waals surface area contributed by atoms with Gasteiger partial charge in [0, 0.05) is 23.7 Å². The quantitative estimate of drug-likeness (QED) is 0.724. The van der Waals surface area contributed by atoms with E-state index in [4.69, 9.17) is 9.47 Å². The highest BCUT2D eigenvalue weighted by Crippen LogP contribution is 2.33. The molecule has 2 aromatic rings. The second-order valence-corrected chi connectivity index (χ2v) is 8.97. The Balaban J connectivity index is 1.87. The standard InChI is InChI=1S/C22H28N2O6/c1-21(2,3)30-20(28)23-8-6-7-13-9-14-12-29-22(4,5)24-11-16(19(26)27)18(25)15(10-13)17(14)24/h9-11H,6-8,12H2,1-5H3,(H,23,28)(H,26,27). The Morgan fingerprint density at radius 2 is 2.00 bits per heavy atom. The van der Waals surface area contributed by atoms with Gasteiger partial charge in [0.25, 0.3) is 0 Å². The number of carboxylic acid groups (broad SMARTS) is 1. The van der Waals surface area contributed by atoms with Crippen LogP contribution in [-0.4, -0.2) is 33.9 Å². The van der Waals surface area contributed by atoms with Crippen LogP contribution >= 0.6 is 0 Å². The molecule has 0 saturated heterocycles. The van der Waals surface area contributed by atoms with Crippen molar-refractivity contribution in [3.8, 4) is 0 Å². The van der Waals surface area contributed by atoms with E-state index in [1.54, 1.807) is 31.4 Å². The van der Waals surface area contributed by atoms with Gasteiger partial charge in [0.2, 0.25) is 5.43 Å². The molecule has 0 aliphatic carbocycles. The highest BCUT2D eigenvalue weighted by molar-refractivity contribution is 5.94. The SMILES string of the molecule is CC(C)(C)OC(=O)NCCCc1cc2c3c(c1)c(=O)c(C(=O)O)cn3C(C)(C)OC2. The van der Waals surface area contributed by atoms with Crippen LogP contribution in [0.15, 0.2) is 23.1 Å². The van der Waals surface area contributed by atoms with Crippen molar-refractivity contribution in [3.63, 3.8) is 0 Å². The van der Waals surface area contributed by atoms with Gasteiger partial charge in [-0.25, -0.2) is 9.59 Å². The maximum Gasteiger partial charge on any atom is 0.407 e. The van der Waals surface area contributed by atoms with Gasteiger partial charge < -0.3 is 24.5 Å². The topological polar surface area (TPSA) is 107 Å². The van der Waals surface area contributed by atoms with E-state index in [2.05, 4.69) is 5.32 Å². The summed E-state index contributed by atoms with van der Waals surface area (Å²) in [5.41, 5.74) is 0.339. The lowest BCUT2D eigenvalue weighted by atomic mass is 9.98. The highest BCUT2D eigenvalue weighted by Gasteiger charge is 2.30. The summed E-state index contributed by atoms with van der Waals surface area (Å²) in [6.45, 7) is 9.83. The van der Waals surface area contributed by atoms with E-state index in [-0.39, 0.29) is 5.56 Å². The first-order valence-electron chi connectivity index (χ1n) is 9.95. The van der Waals surface area contributed by atoms with Crippen molar-refractivity contribution in [3.05, 3.63) is 45.2 Å². The molecule has 1 aromatic heterocycles. The molecule has 1 aromatic carbocycles. The van der Waals surface area contributed by atoms with Gasteiger partial charge in [-0.2, -0.15) is 0 Å². The molecule has 0 atom stereocenters. The molecule has 3 rings (SSSR count). The molecule has 8 nitrogen and oxygen atoms in total. The molecule has 8 heteroatoms. The number of ether oxygens (including phenoxy) is 2. The molecule has 0 spiro atoms. The number of hydrogen-bond donors (Lipinski definition) is 2. The van der Waals surface area contributed by atoms with Gasteiger partial charge in [-0.1, -0.05) is 6.07 Å². The predicted octanol–water partition coefficient (Wildman–Crippen LogP) is 3.38. The van der Waals surface area contributed by atoms with Crippen molar-refractivity contribution in [1.82, 2.24) is 9.88 Å². The monoisotopic (exact) mass is 416 g/mol. The molecule has 0 radical (unpaired) electrons. The molecule has 162 valence electrons. The molecule has 2 heterocycles. The fourth-order valence-corrected chi connectivity index (χ4v) is 3.57. The van der Waals surface area contributed by atoms with Gasteiger partial charge in [0.1, 0.15) is 16.9 Å². The molecule has 1 amide bonds. The Hall–Kier alpha value is -2.87. The summed E-state index contributed by atoms with van der Waals surface area (Å²) in [5.74, 6) is -1.26. The number of carboxylic acids is 1. The molecule has 0 unspecified atom stereocenters. The van der Waals surface area contributed by atoms with Crippen LogP contribution in [-0.2, 0) is 28.2 Å².